The number of nitro groups is 1. The van der Waals surface area contributed by atoms with Gasteiger partial charge in [-0.1, -0.05) is 0 Å². The van der Waals surface area contributed by atoms with E-state index >= 15 is 0 Å². The van der Waals surface area contributed by atoms with Crippen molar-refractivity contribution >= 4 is 27.2 Å². The van der Waals surface area contributed by atoms with Crippen LogP contribution in [0.15, 0.2) is 41.7 Å². The van der Waals surface area contributed by atoms with E-state index in [0.29, 0.717) is 0 Å². The molecule has 2 aromatic rings. The van der Waals surface area contributed by atoms with E-state index in [1.807, 2.05) is 0 Å². The third-order valence-corrected chi connectivity index (χ3v) is 3.82. The highest BCUT2D eigenvalue weighted by atomic mass is 32.2. The number of rotatable bonds is 5. The van der Waals surface area contributed by atoms with E-state index in [1.165, 1.54) is 24.7 Å². The zero-order valence-corrected chi connectivity index (χ0v) is 11.2. The van der Waals surface area contributed by atoms with Crippen molar-refractivity contribution < 1.29 is 13.3 Å². The summed E-state index contributed by atoms with van der Waals surface area (Å²) in [6.07, 6.45) is 3.87. The molecule has 21 heavy (non-hydrogen) atoms. The Labute approximate surface area is 119 Å². The van der Waals surface area contributed by atoms with Gasteiger partial charge >= 0.3 is 0 Å². The lowest BCUT2D eigenvalue weighted by Gasteiger charge is -2.10. The maximum atomic E-state index is 12.3. The SMILES string of the molecule is NNc1ccc([N+](=O)[O-])cc1S(=O)(=O)Nc1cnccn1. The summed E-state index contributed by atoms with van der Waals surface area (Å²) in [4.78, 5) is 17.2. The number of hydrogen-bond donors (Lipinski definition) is 3. The molecule has 1 heterocycles. The van der Waals surface area contributed by atoms with Crippen LogP contribution in [0.4, 0.5) is 17.2 Å². The lowest BCUT2D eigenvalue weighted by Crippen LogP contribution is -2.18. The van der Waals surface area contributed by atoms with Gasteiger partial charge in [-0.2, -0.15) is 0 Å². The van der Waals surface area contributed by atoms with Crippen molar-refractivity contribution in [2.24, 2.45) is 5.84 Å². The normalized spacial score (nSPS) is 10.9. The molecule has 0 amide bonds. The van der Waals surface area contributed by atoms with Crippen molar-refractivity contribution in [1.29, 1.82) is 0 Å². The van der Waals surface area contributed by atoms with Crippen LogP contribution in [0.25, 0.3) is 0 Å². The first-order valence-corrected chi connectivity index (χ1v) is 6.96. The summed E-state index contributed by atoms with van der Waals surface area (Å²) >= 11 is 0. The molecule has 0 atom stereocenters. The Balaban J connectivity index is 2.48. The van der Waals surface area contributed by atoms with Gasteiger partial charge in [-0.15, -0.1) is 0 Å². The number of nitro benzene ring substituents is 1. The van der Waals surface area contributed by atoms with Gasteiger partial charge in [0, 0.05) is 24.5 Å². The Bertz CT molecular complexity index is 764. The van der Waals surface area contributed by atoms with Crippen molar-refractivity contribution in [3.63, 3.8) is 0 Å². The smallest absolute Gasteiger partial charge is 0.270 e. The molecule has 0 radical (unpaired) electrons. The van der Waals surface area contributed by atoms with Crippen molar-refractivity contribution in [2.75, 3.05) is 10.1 Å². The molecule has 1 aromatic heterocycles. The first kappa shape index (κ1) is 14.6. The minimum absolute atomic E-state index is 0.0111. The molecule has 0 spiro atoms. The first-order valence-electron chi connectivity index (χ1n) is 5.48. The number of sulfonamides is 1. The second-order valence-corrected chi connectivity index (χ2v) is 5.43. The summed E-state index contributed by atoms with van der Waals surface area (Å²) in [5, 5.41) is 10.8. The van der Waals surface area contributed by atoms with E-state index in [4.69, 9.17) is 5.84 Å². The van der Waals surface area contributed by atoms with Crippen LogP contribution in [0.2, 0.25) is 0 Å². The van der Waals surface area contributed by atoms with Gasteiger partial charge in [-0.3, -0.25) is 25.7 Å². The molecule has 1 aromatic carbocycles. The Hall–Kier alpha value is -2.79. The van der Waals surface area contributed by atoms with Gasteiger partial charge in [0.2, 0.25) is 0 Å². The van der Waals surface area contributed by atoms with Crippen LogP contribution in [0.5, 0.6) is 0 Å². The first-order chi connectivity index (χ1) is 9.94. The average molecular weight is 310 g/mol. The molecule has 11 heteroatoms. The van der Waals surface area contributed by atoms with Crippen LogP contribution >= 0.6 is 0 Å². The molecule has 0 bridgehead atoms. The number of benzene rings is 1. The van der Waals surface area contributed by atoms with E-state index in [9.17, 15) is 18.5 Å². The van der Waals surface area contributed by atoms with Crippen molar-refractivity contribution in [3.05, 3.63) is 46.9 Å². The van der Waals surface area contributed by atoms with Crippen LogP contribution in [0.1, 0.15) is 0 Å². The summed E-state index contributed by atoms with van der Waals surface area (Å²) in [7, 11) is -4.11. The van der Waals surface area contributed by atoms with Gasteiger partial charge in [0.15, 0.2) is 5.82 Å². The Kier molecular flexibility index (Phi) is 3.95. The van der Waals surface area contributed by atoms with Gasteiger partial charge < -0.3 is 5.43 Å². The number of non-ortho nitro benzene ring substituents is 1. The highest BCUT2D eigenvalue weighted by molar-refractivity contribution is 7.92. The lowest BCUT2D eigenvalue weighted by molar-refractivity contribution is -0.385. The zero-order valence-electron chi connectivity index (χ0n) is 10.4. The van der Waals surface area contributed by atoms with Gasteiger partial charge in [0.25, 0.3) is 15.7 Å². The fourth-order valence-electron chi connectivity index (χ4n) is 1.51. The summed E-state index contributed by atoms with van der Waals surface area (Å²) in [6.45, 7) is 0. The minimum atomic E-state index is -4.11. The van der Waals surface area contributed by atoms with Crippen molar-refractivity contribution in [2.45, 2.75) is 4.90 Å². The predicted molar refractivity (Wildman–Crippen MR) is 73.7 cm³/mol. The molecular formula is C10H10N6O4S. The van der Waals surface area contributed by atoms with Crippen molar-refractivity contribution in [1.82, 2.24) is 9.97 Å². The molecule has 0 aliphatic carbocycles. The van der Waals surface area contributed by atoms with Gasteiger partial charge in [-0.05, 0) is 6.07 Å². The molecule has 2 rings (SSSR count). The summed E-state index contributed by atoms with van der Waals surface area (Å²) in [5.41, 5.74) is 1.81. The number of hydrazine groups is 1. The van der Waals surface area contributed by atoms with Gasteiger partial charge in [0.05, 0.1) is 16.8 Å². The summed E-state index contributed by atoms with van der Waals surface area (Å²) in [5.74, 6) is 5.21. The molecule has 0 aliphatic rings. The fraction of sp³-hybridized carbons (Fsp3) is 0. The molecule has 0 aliphatic heterocycles. The fourth-order valence-corrected chi connectivity index (χ4v) is 2.69. The summed E-state index contributed by atoms with van der Waals surface area (Å²) < 4.78 is 26.7. The lowest BCUT2D eigenvalue weighted by atomic mass is 10.3. The number of nitrogen functional groups attached to an aromatic ring is 1. The second-order valence-electron chi connectivity index (χ2n) is 3.78. The predicted octanol–water partition coefficient (Wildman–Crippen LogP) is 0.471. The van der Waals surface area contributed by atoms with Crippen LogP contribution in [-0.2, 0) is 10.0 Å². The number of aromatic nitrogens is 2. The Morgan fingerprint density at radius 1 is 1.29 bits per heavy atom. The van der Waals surface area contributed by atoms with Crippen LogP contribution < -0.4 is 16.0 Å². The van der Waals surface area contributed by atoms with E-state index in [-0.39, 0.29) is 22.1 Å². The molecule has 110 valence electrons. The number of hydrogen-bond acceptors (Lipinski definition) is 8. The second kappa shape index (κ2) is 5.68. The topological polar surface area (TPSA) is 153 Å². The van der Waals surface area contributed by atoms with Crippen molar-refractivity contribution in [3.8, 4) is 0 Å². The highest BCUT2D eigenvalue weighted by Crippen LogP contribution is 2.27. The van der Waals surface area contributed by atoms with Gasteiger partial charge in [-0.25, -0.2) is 13.4 Å². The van der Waals surface area contributed by atoms with Crippen LogP contribution in [-0.4, -0.2) is 23.3 Å². The number of nitrogens with zero attached hydrogens (tertiary/aromatic N) is 3. The minimum Gasteiger partial charge on any atom is -0.323 e. The molecular weight excluding hydrogens is 300 g/mol. The van der Waals surface area contributed by atoms with E-state index < -0.39 is 14.9 Å². The van der Waals surface area contributed by atoms with Crippen LogP contribution in [0, 0.1) is 10.1 Å². The van der Waals surface area contributed by atoms with E-state index in [1.54, 1.807) is 0 Å². The van der Waals surface area contributed by atoms with E-state index in [2.05, 4.69) is 20.1 Å². The number of nitrogens with two attached hydrogens (primary N) is 1. The zero-order chi connectivity index (χ0) is 15.5. The Morgan fingerprint density at radius 2 is 2.05 bits per heavy atom. The number of nitrogens with one attached hydrogen (secondary N) is 2. The number of anilines is 2. The maximum Gasteiger partial charge on any atom is 0.270 e. The van der Waals surface area contributed by atoms with Gasteiger partial charge in [0.1, 0.15) is 4.90 Å². The standard InChI is InChI=1S/C10H10N6O4S/c11-14-8-2-1-7(16(17)18)5-9(8)21(19,20)15-10-6-12-3-4-13-10/h1-6,14H,11H2,(H,13,15). The Morgan fingerprint density at radius 3 is 2.62 bits per heavy atom. The molecule has 0 fully saturated rings. The van der Waals surface area contributed by atoms with Crippen LogP contribution in [0.3, 0.4) is 0 Å². The maximum absolute atomic E-state index is 12.3. The molecule has 10 nitrogen and oxygen atoms in total. The third kappa shape index (κ3) is 3.21. The molecule has 4 N–H and O–H groups in total. The van der Waals surface area contributed by atoms with E-state index in [0.717, 1.165) is 12.1 Å². The molecule has 0 saturated heterocycles. The quantitative estimate of drug-likeness (QED) is 0.409. The molecule has 0 saturated carbocycles. The average Bonchev–Trinajstić information content (AvgIpc) is 2.47. The molecule has 0 unspecified atom stereocenters. The summed E-state index contributed by atoms with van der Waals surface area (Å²) in [6, 6.07) is 3.23. The highest BCUT2D eigenvalue weighted by Gasteiger charge is 2.22. The monoisotopic (exact) mass is 310 g/mol. The third-order valence-electron chi connectivity index (χ3n) is 2.42. The largest absolute Gasteiger partial charge is 0.323 e.